The van der Waals surface area contributed by atoms with E-state index in [1.165, 1.54) is 0 Å². The SMILES string of the molecule is CC\C=C/C(=C\C=C\Br)c1ccc(C=O)cc1. The molecule has 17 heavy (non-hydrogen) atoms. The molecule has 0 saturated carbocycles. The summed E-state index contributed by atoms with van der Waals surface area (Å²) in [6.07, 6.45) is 10.0. The van der Waals surface area contributed by atoms with Crippen molar-refractivity contribution in [2.24, 2.45) is 0 Å². The van der Waals surface area contributed by atoms with Gasteiger partial charge in [0.05, 0.1) is 0 Å². The van der Waals surface area contributed by atoms with Crippen molar-refractivity contribution in [3.05, 3.63) is 64.7 Å². The number of allylic oxidation sites excluding steroid dienone is 5. The molecule has 0 saturated heterocycles. The lowest BCUT2D eigenvalue weighted by Gasteiger charge is -2.02. The maximum absolute atomic E-state index is 10.6. The van der Waals surface area contributed by atoms with E-state index in [2.05, 4.69) is 35.0 Å². The van der Waals surface area contributed by atoms with Crippen molar-refractivity contribution in [2.45, 2.75) is 13.3 Å². The number of hydrogen-bond acceptors (Lipinski definition) is 1. The van der Waals surface area contributed by atoms with Gasteiger partial charge in [0.15, 0.2) is 0 Å². The fraction of sp³-hybridized carbons (Fsp3) is 0.133. The summed E-state index contributed by atoms with van der Waals surface area (Å²) in [6, 6.07) is 7.57. The van der Waals surface area contributed by atoms with Crippen molar-refractivity contribution in [1.29, 1.82) is 0 Å². The summed E-state index contributed by atoms with van der Waals surface area (Å²) in [7, 11) is 0. The molecule has 0 fully saturated rings. The van der Waals surface area contributed by atoms with Crippen LogP contribution in [0.4, 0.5) is 0 Å². The minimum atomic E-state index is 0.698. The summed E-state index contributed by atoms with van der Waals surface area (Å²) < 4.78 is 0. The van der Waals surface area contributed by atoms with Crippen molar-refractivity contribution in [1.82, 2.24) is 0 Å². The van der Waals surface area contributed by atoms with E-state index in [0.717, 1.165) is 23.8 Å². The van der Waals surface area contributed by atoms with E-state index in [4.69, 9.17) is 0 Å². The van der Waals surface area contributed by atoms with Gasteiger partial charge in [-0.15, -0.1) is 0 Å². The molecule has 1 aromatic carbocycles. The molecule has 1 nitrogen and oxygen atoms in total. The van der Waals surface area contributed by atoms with Gasteiger partial charge < -0.3 is 0 Å². The van der Waals surface area contributed by atoms with Gasteiger partial charge in [-0.1, -0.05) is 71.4 Å². The van der Waals surface area contributed by atoms with Crippen LogP contribution in [0.15, 0.2) is 53.6 Å². The van der Waals surface area contributed by atoms with Gasteiger partial charge in [-0.3, -0.25) is 4.79 Å². The quantitative estimate of drug-likeness (QED) is 0.565. The molecule has 0 aliphatic heterocycles. The Hall–Kier alpha value is -1.41. The van der Waals surface area contributed by atoms with Crippen LogP contribution in [0.5, 0.6) is 0 Å². The van der Waals surface area contributed by atoms with Crippen LogP contribution in [0.1, 0.15) is 29.3 Å². The molecule has 0 aliphatic carbocycles. The Bertz CT molecular complexity index is 438. The largest absolute Gasteiger partial charge is 0.298 e. The van der Waals surface area contributed by atoms with Crippen LogP contribution in [-0.2, 0) is 0 Å². The first-order valence-corrected chi connectivity index (χ1v) is 6.42. The van der Waals surface area contributed by atoms with Gasteiger partial charge in [0, 0.05) is 5.56 Å². The van der Waals surface area contributed by atoms with E-state index < -0.39 is 0 Å². The van der Waals surface area contributed by atoms with Crippen molar-refractivity contribution < 1.29 is 4.79 Å². The summed E-state index contributed by atoms with van der Waals surface area (Å²) in [5.41, 5.74) is 2.93. The Labute approximate surface area is 111 Å². The van der Waals surface area contributed by atoms with Crippen LogP contribution < -0.4 is 0 Å². The van der Waals surface area contributed by atoms with Crippen LogP contribution >= 0.6 is 15.9 Å². The van der Waals surface area contributed by atoms with E-state index in [0.29, 0.717) is 5.56 Å². The number of carbonyl (C=O) groups excluding carboxylic acids is 1. The molecule has 0 bridgehead atoms. The first kappa shape index (κ1) is 13.7. The average Bonchev–Trinajstić information content (AvgIpc) is 2.39. The highest BCUT2D eigenvalue weighted by Gasteiger charge is 1.97. The van der Waals surface area contributed by atoms with Gasteiger partial charge in [-0.25, -0.2) is 0 Å². The standard InChI is InChI=1S/C15H15BrO/c1-2-3-5-14(6-4-11-16)15-9-7-13(12-17)8-10-15/h3-12H,2H2,1H3/b5-3-,11-4+,14-6+. The van der Waals surface area contributed by atoms with Gasteiger partial charge >= 0.3 is 0 Å². The zero-order chi connectivity index (χ0) is 12.5. The van der Waals surface area contributed by atoms with Crippen molar-refractivity contribution >= 4 is 27.8 Å². The van der Waals surface area contributed by atoms with Crippen LogP contribution in [0.25, 0.3) is 5.57 Å². The van der Waals surface area contributed by atoms with Crippen LogP contribution in [0.2, 0.25) is 0 Å². The molecular weight excluding hydrogens is 276 g/mol. The number of hydrogen-bond donors (Lipinski definition) is 0. The first-order valence-electron chi connectivity index (χ1n) is 5.51. The third kappa shape index (κ3) is 4.53. The maximum Gasteiger partial charge on any atom is 0.150 e. The number of carbonyl (C=O) groups is 1. The Morgan fingerprint density at radius 2 is 2.00 bits per heavy atom. The van der Waals surface area contributed by atoms with Crippen molar-refractivity contribution in [3.8, 4) is 0 Å². The highest BCUT2D eigenvalue weighted by atomic mass is 79.9. The summed E-state index contributed by atoms with van der Waals surface area (Å²) in [6.45, 7) is 2.10. The second kappa shape index (κ2) is 7.80. The molecule has 0 aliphatic rings. The van der Waals surface area contributed by atoms with Gasteiger partial charge in [-0.2, -0.15) is 0 Å². The highest BCUT2D eigenvalue weighted by Crippen LogP contribution is 2.17. The lowest BCUT2D eigenvalue weighted by atomic mass is 10.0. The van der Waals surface area contributed by atoms with Gasteiger partial charge in [0.25, 0.3) is 0 Å². The van der Waals surface area contributed by atoms with Gasteiger partial charge in [-0.05, 0) is 22.5 Å². The molecule has 0 N–H and O–H groups in total. The van der Waals surface area contributed by atoms with Crippen molar-refractivity contribution in [3.63, 3.8) is 0 Å². The Morgan fingerprint density at radius 3 is 2.53 bits per heavy atom. The summed E-state index contributed by atoms with van der Waals surface area (Å²) in [5.74, 6) is 0. The Morgan fingerprint density at radius 1 is 1.29 bits per heavy atom. The molecule has 88 valence electrons. The van der Waals surface area contributed by atoms with Crippen LogP contribution in [0, 0.1) is 0 Å². The maximum atomic E-state index is 10.6. The monoisotopic (exact) mass is 290 g/mol. The molecule has 1 rings (SSSR count). The first-order chi connectivity index (χ1) is 8.31. The minimum Gasteiger partial charge on any atom is -0.298 e. The number of rotatable bonds is 5. The molecule has 2 heteroatoms. The summed E-state index contributed by atoms with van der Waals surface area (Å²) >= 11 is 3.25. The fourth-order valence-electron chi connectivity index (χ4n) is 1.39. The summed E-state index contributed by atoms with van der Waals surface area (Å²) in [4.78, 5) is 12.4. The zero-order valence-corrected chi connectivity index (χ0v) is 11.4. The second-order valence-corrected chi connectivity index (χ2v) is 4.02. The van der Waals surface area contributed by atoms with Crippen molar-refractivity contribution in [2.75, 3.05) is 0 Å². The van der Waals surface area contributed by atoms with Gasteiger partial charge in [0.1, 0.15) is 6.29 Å². The zero-order valence-electron chi connectivity index (χ0n) is 9.77. The third-order valence-electron chi connectivity index (χ3n) is 2.26. The van der Waals surface area contributed by atoms with Gasteiger partial charge in [0.2, 0.25) is 0 Å². The lowest BCUT2D eigenvalue weighted by Crippen LogP contribution is -1.83. The molecule has 0 unspecified atom stereocenters. The molecule has 1 aromatic rings. The van der Waals surface area contributed by atoms with E-state index in [1.54, 1.807) is 0 Å². The van der Waals surface area contributed by atoms with Crippen LogP contribution in [0.3, 0.4) is 0 Å². The Kier molecular flexibility index (Phi) is 6.26. The molecule has 0 aromatic heterocycles. The predicted molar refractivity (Wildman–Crippen MR) is 77.3 cm³/mol. The fourth-order valence-corrected chi connectivity index (χ4v) is 1.54. The van der Waals surface area contributed by atoms with E-state index in [1.807, 2.05) is 41.4 Å². The molecule has 0 amide bonds. The molecule has 0 atom stereocenters. The van der Waals surface area contributed by atoms with E-state index >= 15 is 0 Å². The lowest BCUT2D eigenvalue weighted by molar-refractivity contribution is 0.112. The number of halogens is 1. The Balaban J connectivity index is 3.03. The van der Waals surface area contributed by atoms with E-state index in [9.17, 15) is 4.79 Å². The average molecular weight is 291 g/mol. The number of aldehydes is 1. The van der Waals surface area contributed by atoms with Crippen LogP contribution in [-0.4, -0.2) is 6.29 Å². The third-order valence-corrected chi connectivity index (χ3v) is 2.57. The summed E-state index contributed by atoms with van der Waals surface area (Å²) in [5, 5.41) is 0. The molecular formula is C15H15BrO. The molecule has 0 radical (unpaired) electrons. The smallest absolute Gasteiger partial charge is 0.150 e. The second-order valence-electron chi connectivity index (χ2n) is 3.49. The molecule has 0 spiro atoms. The predicted octanol–water partition coefficient (Wildman–Crippen LogP) is 4.76. The molecule has 0 heterocycles. The normalized spacial score (nSPS) is 12.5. The minimum absolute atomic E-state index is 0.698. The topological polar surface area (TPSA) is 17.1 Å². The van der Waals surface area contributed by atoms with E-state index in [-0.39, 0.29) is 0 Å². The highest BCUT2D eigenvalue weighted by molar-refractivity contribution is 9.11. The number of benzene rings is 1.